The number of amides is 1. The molecule has 1 aromatic heterocycles. The number of imidazole rings is 1. The molecule has 6 heteroatoms. The van der Waals surface area contributed by atoms with Crippen LogP contribution >= 0.6 is 0 Å². The van der Waals surface area contributed by atoms with Crippen molar-refractivity contribution in [3.63, 3.8) is 0 Å². The van der Waals surface area contributed by atoms with Gasteiger partial charge in [0.05, 0.1) is 18.7 Å². The first kappa shape index (κ1) is 22.5. The van der Waals surface area contributed by atoms with Gasteiger partial charge in [0.2, 0.25) is 0 Å². The minimum atomic E-state index is -0.358. The fourth-order valence-corrected chi connectivity index (χ4v) is 3.88. The third-order valence-corrected chi connectivity index (χ3v) is 5.84. The third kappa shape index (κ3) is 4.79. The number of nitrogens with one attached hydrogen (secondary N) is 1. The number of aromatic nitrogens is 2. The average Bonchev–Trinajstić information content (AvgIpc) is 3.03. The molecule has 0 fully saturated rings. The minimum Gasteiger partial charge on any atom is -0.462 e. The quantitative estimate of drug-likeness (QED) is 0.427. The lowest BCUT2D eigenvalue weighted by atomic mass is 9.99. The first-order valence-corrected chi connectivity index (χ1v) is 11.0. The smallest absolute Gasteiger partial charge is 0.338 e. The summed E-state index contributed by atoms with van der Waals surface area (Å²) in [5.41, 5.74) is 4.35. The zero-order chi connectivity index (χ0) is 22.5. The zero-order valence-corrected chi connectivity index (χ0v) is 19.1. The Balaban J connectivity index is 1.87. The molecule has 1 amide bonds. The summed E-state index contributed by atoms with van der Waals surface area (Å²) >= 11 is 0. The number of benzene rings is 2. The van der Waals surface area contributed by atoms with Crippen molar-refractivity contribution in [2.24, 2.45) is 0 Å². The maximum absolute atomic E-state index is 12.8. The predicted octanol–water partition coefficient (Wildman–Crippen LogP) is 4.59. The maximum atomic E-state index is 12.8. The van der Waals surface area contributed by atoms with Crippen LogP contribution in [0.2, 0.25) is 0 Å². The van der Waals surface area contributed by atoms with Gasteiger partial charge in [0, 0.05) is 18.7 Å². The second kappa shape index (κ2) is 9.77. The molecule has 0 saturated carbocycles. The van der Waals surface area contributed by atoms with Gasteiger partial charge >= 0.3 is 5.97 Å². The van der Waals surface area contributed by atoms with Crippen LogP contribution in [-0.4, -0.2) is 23.1 Å². The Kier molecular flexibility index (Phi) is 7.10. The summed E-state index contributed by atoms with van der Waals surface area (Å²) in [6.07, 6.45) is 1.08. The summed E-state index contributed by atoms with van der Waals surface area (Å²) in [4.78, 5) is 25.0. The molecule has 0 bridgehead atoms. The number of esters is 1. The second-order valence-corrected chi connectivity index (χ2v) is 7.78. The fourth-order valence-electron chi connectivity index (χ4n) is 3.88. The standard InChI is InChI=1S/C25H31N3O3/c1-6-17(4)19-9-12-21(13-10-19)26-24(29)16-28-18(5)27(7-2)22-14-11-20(15-23(22)28)25(30)31-8-3/h9-15,17H,6-8,16H2,1-5H3/p+1/t17-/m1/s1. The van der Waals surface area contributed by atoms with Crippen molar-refractivity contribution in [1.82, 2.24) is 4.57 Å². The number of hydrogen-bond donors (Lipinski definition) is 1. The van der Waals surface area contributed by atoms with Gasteiger partial charge in [0.25, 0.3) is 11.7 Å². The van der Waals surface area contributed by atoms with Crippen molar-refractivity contribution in [1.29, 1.82) is 0 Å². The van der Waals surface area contributed by atoms with E-state index < -0.39 is 0 Å². The number of rotatable bonds is 8. The molecular formula is C25H32N3O3+. The van der Waals surface area contributed by atoms with E-state index in [4.69, 9.17) is 4.74 Å². The van der Waals surface area contributed by atoms with E-state index in [-0.39, 0.29) is 18.4 Å². The first-order valence-electron chi connectivity index (χ1n) is 11.0. The molecule has 0 aliphatic heterocycles. The van der Waals surface area contributed by atoms with Crippen LogP contribution in [0.3, 0.4) is 0 Å². The van der Waals surface area contributed by atoms with Gasteiger partial charge in [-0.3, -0.25) is 4.79 Å². The summed E-state index contributed by atoms with van der Waals surface area (Å²) in [5.74, 6) is 0.988. The van der Waals surface area contributed by atoms with Crippen LogP contribution in [0.4, 0.5) is 5.69 Å². The van der Waals surface area contributed by atoms with E-state index in [0.29, 0.717) is 18.1 Å². The Labute approximate surface area is 183 Å². The first-order chi connectivity index (χ1) is 14.9. The average molecular weight is 423 g/mol. The number of ether oxygens (including phenoxy) is 1. The van der Waals surface area contributed by atoms with Gasteiger partial charge in [0.1, 0.15) is 0 Å². The van der Waals surface area contributed by atoms with E-state index >= 15 is 0 Å². The number of hydrogen-bond acceptors (Lipinski definition) is 3. The minimum absolute atomic E-state index is 0.110. The lowest BCUT2D eigenvalue weighted by Crippen LogP contribution is -2.35. The topological polar surface area (TPSA) is 64.2 Å². The Hall–Kier alpha value is -3.15. The van der Waals surface area contributed by atoms with E-state index in [9.17, 15) is 9.59 Å². The highest BCUT2D eigenvalue weighted by molar-refractivity contribution is 5.94. The summed E-state index contributed by atoms with van der Waals surface area (Å²) in [6.45, 7) is 11.5. The van der Waals surface area contributed by atoms with E-state index in [1.165, 1.54) is 5.56 Å². The monoisotopic (exact) mass is 422 g/mol. The van der Waals surface area contributed by atoms with E-state index in [1.807, 2.05) is 29.7 Å². The largest absolute Gasteiger partial charge is 0.462 e. The van der Waals surface area contributed by atoms with Gasteiger partial charge in [-0.05, 0) is 56.0 Å². The summed E-state index contributed by atoms with van der Waals surface area (Å²) in [5, 5.41) is 2.99. The molecule has 0 saturated heterocycles. The number of carbonyl (C=O) groups excluding carboxylic acids is 2. The van der Waals surface area contributed by atoms with Crippen molar-refractivity contribution < 1.29 is 18.9 Å². The Morgan fingerprint density at radius 3 is 2.42 bits per heavy atom. The number of aryl methyl sites for hydroxylation is 1. The number of anilines is 1. The molecule has 31 heavy (non-hydrogen) atoms. The van der Waals surface area contributed by atoms with Gasteiger partial charge in [-0.25, -0.2) is 13.9 Å². The Morgan fingerprint density at radius 1 is 1.10 bits per heavy atom. The van der Waals surface area contributed by atoms with Gasteiger partial charge in [-0.15, -0.1) is 0 Å². The molecule has 2 aromatic carbocycles. The predicted molar refractivity (Wildman–Crippen MR) is 122 cm³/mol. The molecule has 6 nitrogen and oxygen atoms in total. The molecule has 0 aliphatic rings. The molecular weight excluding hydrogens is 390 g/mol. The molecule has 0 unspecified atom stereocenters. The molecule has 3 aromatic rings. The van der Waals surface area contributed by atoms with Gasteiger partial charge in [-0.1, -0.05) is 26.0 Å². The zero-order valence-electron chi connectivity index (χ0n) is 19.1. The second-order valence-electron chi connectivity index (χ2n) is 7.78. The number of fused-ring (bicyclic) bond motifs is 1. The van der Waals surface area contributed by atoms with E-state index in [0.717, 1.165) is 35.5 Å². The van der Waals surface area contributed by atoms with Crippen molar-refractivity contribution in [2.45, 2.75) is 60.0 Å². The van der Waals surface area contributed by atoms with Crippen LogP contribution in [0, 0.1) is 6.92 Å². The molecule has 1 heterocycles. The molecule has 0 aliphatic carbocycles. The molecule has 1 N–H and O–H groups in total. The molecule has 0 spiro atoms. The highest BCUT2D eigenvalue weighted by atomic mass is 16.5. The van der Waals surface area contributed by atoms with Crippen molar-refractivity contribution in [3.8, 4) is 0 Å². The van der Waals surface area contributed by atoms with E-state index in [1.54, 1.807) is 19.1 Å². The third-order valence-electron chi connectivity index (χ3n) is 5.84. The Morgan fingerprint density at radius 2 is 1.81 bits per heavy atom. The van der Waals surface area contributed by atoms with Crippen molar-refractivity contribution in [3.05, 3.63) is 59.4 Å². The van der Waals surface area contributed by atoms with Crippen molar-refractivity contribution in [2.75, 3.05) is 11.9 Å². The normalized spacial score (nSPS) is 12.0. The maximum Gasteiger partial charge on any atom is 0.338 e. The van der Waals surface area contributed by atoms with Crippen LogP contribution < -0.4 is 9.88 Å². The van der Waals surface area contributed by atoms with Gasteiger partial charge < -0.3 is 10.1 Å². The Bertz CT molecular complexity index is 1080. The van der Waals surface area contributed by atoms with Crippen molar-refractivity contribution >= 4 is 28.6 Å². The van der Waals surface area contributed by atoms with Crippen LogP contribution in [0.25, 0.3) is 11.0 Å². The fraction of sp³-hybridized carbons (Fsp3) is 0.400. The van der Waals surface area contributed by atoms with Crippen LogP contribution in [-0.2, 0) is 22.6 Å². The highest BCUT2D eigenvalue weighted by Gasteiger charge is 2.24. The van der Waals surface area contributed by atoms with Crippen LogP contribution in [0.15, 0.2) is 42.5 Å². The van der Waals surface area contributed by atoms with E-state index in [2.05, 4.69) is 42.8 Å². The lowest BCUT2D eigenvalue weighted by molar-refractivity contribution is -0.674. The van der Waals surface area contributed by atoms with Crippen LogP contribution in [0.1, 0.15) is 61.8 Å². The molecule has 0 radical (unpaired) electrons. The summed E-state index contributed by atoms with van der Waals surface area (Å²) < 4.78 is 9.23. The summed E-state index contributed by atoms with van der Waals surface area (Å²) in [7, 11) is 0. The molecule has 3 rings (SSSR count). The van der Waals surface area contributed by atoms with Crippen LogP contribution in [0.5, 0.6) is 0 Å². The van der Waals surface area contributed by atoms with Gasteiger partial charge in [0.15, 0.2) is 17.6 Å². The SMILES string of the molecule is CCOC(=O)c1ccc2c(c1)n(CC(=O)Nc1ccc([C@H](C)CC)cc1)c(C)[n+]2CC. The number of carbonyl (C=O) groups is 2. The number of nitrogens with zero attached hydrogens (tertiary/aromatic N) is 2. The molecule has 1 atom stereocenters. The summed E-state index contributed by atoms with van der Waals surface area (Å²) in [6, 6.07) is 13.5. The highest BCUT2D eigenvalue weighted by Crippen LogP contribution is 2.21. The molecule has 164 valence electrons. The lowest BCUT2D eigenvalue weighted by Gasteiger charge is -2.10. The van der Waals surface area contributed by atoms with Gasteiger partial charge in [-0.2, -0.15) is 0 Å².